The number of nitrogens with zero attached hydrogens (tertiary/aromatic N) is 1. The molecule has 1 saturated heterocycles. The average molecular weight is 296 g/mol. The van der Waals surface area contributed by atoms with Crippen LogP contribution >= 0.6 is 0 Å². The normalized spacial score (nSPS) is 21.0. The number of amides is 1. The lowest BCUT2D eigenvalue weighted by Gasteiger charge is -2.34. The molecule has 1 aromatic rings. The lowest BCUT2D eigenvalue weighted by molar-refractivity contribution is -0.196. The minimum absolute atomic E-state index is 0.0871. The van der Waals surface area contributed by atoms with Gasteiger partial charge in [-0.05, 0) is 26.2 Å². The molecular formula is C15H24N2O4. The SMILES string of the molecule is CC(=O)Nc1cc(C(C)(C)[C@H](C)OC2CCCCO2)no1. The van der Waals surface area contributed by atoms with Gasteiger partial charge in [-0.1, -0.05) is 19.0 Å². The monoisotopic (exact) mass is 296 g/mol. The Bertz CT molecular complexity index is 478. The average Bonchev–Trinajstić information content (AvgIpc) is 2.88. The summed E-state index contributed by atoms with van der Waals surface area (Å²) >= 11 is 0. The van der Waals surface area contributed by atoms with Gasteiger partial charge in [-0.3, -0.25) is 10.1 Å². The van der Waals surface area contributed by atoms with Gasteiger partial charge in [-0.15, -0.1) is 0 Å². The quantitative estimate of drug-likeness (QED) is 0.904. The summed E-state index contributed by atoms with van der Waals surface area (Å²) in [5.41, 5.74) is 0.399. The third kappa shape index (κ3) is 4.04. The first-order valence-corrected chi connectivity index (χ1v) is 7.41. The molecule has 1 amide bonds. The molecule has 1 N–H and O–H groups in total. The highest BCUT2D eigenvalue weighted by molar-refractivity contribution is 5.87. The fourth-order valence-corrected chi connectivity index (χ4v) is 2.24. The zero-order chi connectivity index (χ0) is 15.5. The Labute approximate surface area is 125 Å². The molecule has 0 aromatic carbocycles. The van der Waals surface area contributed by atoms with Crippen molar-refractivity contribution in [1.82, 2.24) is 5.16 Å². The van der Waals surface area contributed by atoms with E-state index in [-0.39, 0.29) is 23.7 Å². The van der Waals surface area contributed by atoms with Crippen molar-refractivity contribution in [3.63, 3.8) is 0 Å². The Kier molecular flexibility index (Phi) is 5.00. The van der Waals surface area contributed by atoms with Crippen molar-refractivity contribution in [2.24, 2.45) is 0 Å². The van der Waals surface area contributed by atoms with Gasteiger partial charge in [0, 0.05) is 25.0 Å². The Hall–Kier alpha value is -1.40. The summed E-state index contributed by atoms with van der Waals surface area (Å²) in [6.07, 6.45) is 2.93. The smallest absolute Gasteiger partial charge is 0.231 e. The molecule has 21 heavy (non-hydrogen) atoms. The van der Waals surface area contributed by atoms with Crippen LogP contribution in [-0.2, 0) is 19.7 Å². The fraction of sp³-hybridized carbons (Fsp3) is 0.733. The second kappa shape index (κ2) is 6.58. The number of nitrogens with one attached hydrogen (secondary N) is 1. The van der Waals surface area contributed by atoms with E-state index >= 15 is 0 Å². The number of anilines is 1. The molecule has 1 fully saturated rings. The predicted octanol–water partition coefficient (Wildman–Crippen LogP) is 2.84. The molecule has 6 heteroatoms. The van der Waals surface area contributed by atoms with Gasteiger partial charge in [-0.25, -0.2) is 0 Å². The Balaban J connectivity index is 2.01. The molecule has 0 saturated carbocycles. The lowest BCUT2D eigenvalue weighted by atomic mass is 9.84. The maximum atomic E-state index is 11.0. The van der Waals surface area contributed by atoms with Crippen LogP contribution in [0.15, 0.2) is 10.6 Å². The van der Waals surface area contributed by atoms with Crippen LogP contribution in [0.4, 0.5) is 5.88 Å². The Morgan fingerprint density at radius 3 is 2.90 bits per heavy atom. The van der Waals surface area contributed by atoms with E-state index in [1.54, 1.807) is 6.07 Å². The number of rotatable bonds is 5. The number of carbonyl (C=O) groups is 1. The summed E-state index contributed by atoms with van der Waals surface area (Å²) in [7, 11) is 0. The standard InChI is InChI=1S/C15H24N2O4/c1-10(20-14-7-5-6-8-19-14)15(3,4)12-9-13(21-17-12)16-11(2)18/h9-10,14H,5-8H2,1-4H3,(H,16,18)/t10-,14?/m0/s1. The summed E-state index contributed by atoms with van der Waals surface area (Å²) in [6, 6.07) is 1.74. The molecule has 1 aromatic heterocycles. The number of ether oxygens (including phenoxy) is 2. The molecule has 0 aliphatic carbocycles. The van der Waals surface area contributed by atoms with Crippen molar-refractivity contribution in [1.29, 1.82) is 0 Å². The van der Waals surface area contributed by atoms with Gasteiger partial charge in [0.15, 0.2) is 6.29 Å². The largest absolute Gasteiger partial charge is 0.353 e. The Morgan fingerprint density at radius 1 is 1.52 bits per heavy atom. The van der Waals surface area contributed by atoms with Crippen LogP contribution in [0.1, 0.15) is 52.7 Å². The van der Waals surface area contributed by atoms with Crippen molar-refractivity contribution in [3.8, 4) is 0 Å². The van der Waals surface area contributed by atoms with Crippen molar-refractivity contribution in [2.45, 2.75) is 64.8 Å². The van der Waals surface area contributed by atoms with Gasteiger partial charge in [0.05, 0.1) is 11.8 Å². The zero-order valence-corrected chi connectivity index (χ0v) is 13.1. The van der Waals surface area contributed by atoms with Crippen molar-refractivity contribution >= 4 is 11.8 Å². The van der Waals surface area contributed by atoms with Crippen molar-refractivity contribution < 1.29 is 18.8 Å². The number of hydrogen-bond acceptors (Lipinski definition) is 5. The van der Waals surface area contributed by atoms with E-state index in [1.807, 2.05) is 20.8 Å². The summed E-state index contributed by atoms with van der Waals surface area (Å²) in [5.74, 6) is 0.169. The first-order chi connectivity index (χ1) is 9.89. The second-order valence-corrected chi connectivity index (χ2v) is 6.05. The minimum atomic E-state index is -0.346. The lowest BCUT2D eigenvalue weighted by Crippen LogP contribution is -2.38. The van der Waals surface area contributed by atoms with Crippen LogP contribution < -0.4 is 5.32 Å². The fourth-order valence-electron chi connectivity index (χ4n) is 2.24. The number of hydrogen-bond donors (Lipinski definition) is 1. The first-order valence-electron chi connectivity index (χ1n) is 7.41. The molecule has 6 nitrogen and oxygen atoms in total. The van der Waals surface area contributed by atoms with Crippen LogP contribution in [0.2, 0.25) is 0 Å². The van der Waals surface area contributed by atoms with Crippen LogP contribution in [0.25, 0.3) is 0 Å². The van der Waals surface area contributed by atoms with Crippen LogP contribution in [0, 0.1) is 0 Å². The van der Waals surface area contributed by atoms with Gasteiger partial charge in [0.1, 0.15) is 0 Å². The molecule has 1 aliphatic heterocycles. The van der Waals surface area contributed by atoms with Gasteiger partial charge in [-0.2, -0.15) is 0 Å². The van der Waals surface area contributed by atoms with E-state index in [4.69, 9.17) is 14.0 Å². The molecular weight excluding hydrogens is 272 g/mol. The van der Waals surface area contributed by atoms with Crippen LogP contribution in [0.3, 0.4) is 0 Å². The minimum Gasteiger partial charge on any atom is -0.353 e. The maximum absolute atomic E-state index is 11.0. The maximum Gasteiger partial charge on any atom is 0.231 e. The van der Waals surface area contributed by atoms with Gasteiger partial charge < -0.3 is 14.0 Å². The summed E-state index contributed by atoms with van der Waals surface area (Å²) in [4.78, 5) is 11.0. The molecule has 1 aliphatic rings. The number of aromatic nitrogens is 1. The van der Waals surface area contributed by atoms with E-state index in [2.05, 4.69) is 10.5 Å². The third-order valence-electron chi connectivity index (χ3n) is 3.98. The second-order valence-electron chi connectivity index (χ2n) is 6.05. The summed E-state index contributed by atoms with van der Waals surface area (Å²) in [6.45, 7) is 8.27. The molecule has 2 heterocycles. The van der Waals surface area contributed by atoms with E-state index in [1.165, 1.54) is 6.92 Å². The Morgan fingerprint density at radius 2 is 2.29 bits per heavy atom. The molecule has 1 unspecified atom stereocenters. The third-order valence-corrected chi connectivity index (χ3v) is 3.98. The van der Waals surface area contributed by atoms with Gasteiger partial charge in [0.2, 0.25) is 11.8 Å². The molecule has 0 spiro atoms. The van der Waals surface area contributed by atoms with Gasteiger partial charge >= 0.3 is 0 Å². The number of carbonyl (C=O) groups excluding carboxylic acids is 1. The van der Waals surface area contributed by atoms with E-state index in [0.717, 1.165) is 31.6 Å². The van der Waals surface area contributed by atoms with E-state index in [0.29, 0.717) is 5.88 Å². The van der Waals surface area contributed by atoms with Crippen LogP contribution in [-0.4, -0.2) is 30.1 Å². The summed E-state index contributed by atoms with van der Waals surface area (Å²) in [5, 5.41) is 6.63. The van der Waals surface area contributed by atoms with Crippen LogP contribution in [0.5, 0.6) is 0 Å². The topological polar surface area (TPSA) is 73.6 Å². The molecule has 118 valence electrons. The van der Waals surface area contributed by atoms with Gasteiger partial charge in [0.25, 0.3) is 0 Å². The van der Waals surface area contributed by atoms with E-state index < -0.39 is 0 Å². The van der Waals surface area contributed by atoms with E-state index in [9.17, 15) is 4.79 Å². The first kappa shape index (κ1) is 16.0. The molecule has 2 rings (SSSR count). The highest BCUT2D eigenvalue weighted by Crippen LogP contribution is 2.31. The summed E-state index contributed by atoms with van der Waals surface area (Å²) < 4.78 is 16.8. The molecule has 0 radical (unpaired) electrons. The predicted molar refractivity (Wildman–Crippen MR) is 78.0 cm³/mol. The zero-order valence-electron chi connectivity index (χ0n) is 13.1. The van der Waals surface area contributed by atoms with Crippen molar-refractivity contribution in [2.75, 3.05) is 11.9 Å². The molecule has 2 atom stereocenters. The molecule has 0 bridgehead atoms. The highest BCUT2D eigenvalue weighted by atomic mass is 16.7. The van der Waals surface area contributed by atoms with Crippen molar-refractivity contribution in [3.05, 3.63) is 11.8 Å². The highest BCUT2D eigenvalue weighted by Gasteiger charge is 2.34.